The molecule has 3 saturated carbocycles. The fourth-order valence-electron chi connectivity index (χ4n) is 4.29. The van der Waals surface area contributed by atoms with E-state index in [0.29, 0.717) is 28.9 Å². The molecule has 6 nitrogen and oxygen atoms in total. The van der Waals surface area contributed by atoms with Gasteiger partial charge >= 0.3 is 5.97 Å². The smallest absolute Gasteiger partial charge is 0.378 e. The number of fused-ring (bicyclic) bond motifs is 3. The van der Waals surface area contributed by atoms with E-state index in [4.69, 9.17) is 4.74 Å². The minimum absolute atomic E-state index is 0.0365. The van der Waals surface area contributed by atoms with Gasteiger partial charge in [-0.25, -0.2) is 14.3 Å². The molecule has 0 aromatic carbocycles. The molecule has 3 aliphatic carbocycles. The molecule has 0 N–H and O–H groups in total. The molecule has 0 spiro atoms. The number of hydrogen-bond acceptors (Lipinski definition) is 5. The fourth-order valence-corrected chi connectivity index (χ4v) is 4.59. The van der Waals surface area contributed by atoms with Gasteiger partial charge in [0.1, 0.15) is 6.10 Å². The molecule has 0 aliphatic heterocycles. The van der Waals surface area contributed by atoms with E-state index in [1.165, 1.54) is 10.9 Å². The van der Waals surface area contributed by atoms with Crippen molar-refractivity contribution in [2.45, 2.75) is 39.7 Å². The fraction of sp³-hybridized carbons (Fsp3) is 0.625. The monoisotopic (exact) mass is 378 g/mol. The van der Waals surface area contributed by atoms with Crippen LogP contribution < -0.4 is 0 Å². The Hall–Kier alpha value is -1.50. The van der Waals surface area contributed by atoms with Crippen molar-refractivity contribution in [3.8, 4) is 0 Å². The van der Waals surface area contributed by atoms with Gasteiger partial charge in [-0.1, -0.05) is 20.8 Å². The van der Waals surface area contributed by atoms with E-state index in [1.54, 1.807) is 12.4 Å². The van der Waals surface area contributed by atoms with Crippen molar-refractivity contribution >= 4 is 27.7 Å². The van der Waals surface area contributed by atoms with E-state index < -0.39 is 5.97 Å². The van der Waals surface area contributed by atoms with Crippen molar-refractivity contribution in [2.75, 3.05) is 0 Å². The summed E-state index contributed by atoms with van der Waals surface area (Å²) in [7, 11) is 0. The van der Waals surface area contributed by atoms with Crippen molar-refractivity contribution < 1.29 is 9.53 Å². The first-order valence-electron chi connectivity index (χ1n) is 7.95. The second kappa shape index (κ2) is 5.00. The summed E-state index contributed by atoms with van der Waals surface area (Å²) in [6.45, 7) is 6.84. The molecule has 2 heterocycles. The third-order valence-corrected chi connectivity index (χ3v) is 6.30. The average molecular weight is 379 g/mol. The van der Waals surface area contributed by atoms with Gasteiger partial charge in [0.2, 0.25) is 0 Å². The first-order chi connectivity index (χ1) is 10.9. The Balaban J connectivity index is 1.51. The highest BCUT2D eigenvalue weighted by Crippen LogP contribution is 2.61. The lowest BCUT2D eigenvalue weighted by Crippen LogP contribution is -2.57. The maximum atomic E-state index is 12.4. The number of nitrogens with zero attached hydrogens (tertiary/aromatic N) is 4. The summed E-state index contributed by atoms with van der Waals surface area (Å²) in [5, 5.41) is 4.16. The maximum Gasteiger partial charge on any atom is 0.378 e. The van der Waals surface area contributed by atoms with Gasteiger partial charge in [-0.05, 0) is 51.9 Å². The van der Waals surface area contributed by atoms with Crippen LogP contribution in [0, 0.1) is 23.2 Å². The number of halogens is 1. The molecule has 2 aromatic heterocycles. The first kappa shape index (κ1) is 15.1. The van der Waals surface area contributed by atoms with Gasteiger partial charge in [0, 0.05) is 12.4 Å². The van der Waals surface area contributed by atoms with E-state index >= 15 is 0 Å². The van der Waals surface area contributed by atoms with E-state index in [1.807, 2.05) is 0 Å². The highest BCUT2D eigenvalue weighted by Gasteiger charge is 2.57. The number of carbonyl (C=O) groups is 1. The van der Waals surface area contributed by atoms with Crippen LogP contribution in [0.4, 0.5) is 0 Å². The molecule has 3 aliphatic rings. The van der Waals surface area contributed by atoms with E-state index in [-0.39, 0.29) is 11.9 Å². The van der Waals surface area contributed by atoms with Crippen LogP contribution in [0.25, 0.3) is 5.78 Å². The highest BCUT2D eigenvalue weighted by atomic mass is 79.9. The lowest BCUT2D eigenvalue weighted by Gasteiger charge is -2.61. The lowest BCUT2D eigenvalue weighted by atomic mass is 9.45. The second-order valence-electron chi connectivity index (χ2n) is 7.35. The molecule has 0 amide bonds. The number of ether oxygens (including phenoxy) is 1. The highest BCUT2D eigenvalue weighted by molar-refractivity contribution is 9.10. The molecule has 122 valence electrons. The zero-order valence-corrected chi connectivity index (χ0v) is 14.9. The molecule has 2 bridgehead atoms. The molecular weight excluding hydrogens is 360 g/mol. The normalized spacial score (nSPS) is 31.7. The minimum atomic E-state index is -0.456. The van der Waals surface area contributed by atoms with E-state index in [2.05, 4.69) is 51.8 Å². The first-order valence-corrected chi connectivity index (χ1v) is 8.74. The van der Waals surface area contributed by atoms with Crippen LogP contribution in [-0.2, 0) is 4.74 Å². The SMILES string of the molecule is C[C@H]1[C@@H](OC(=O)c2nc3ncc(Br)cn3n2)C[C@H]2C[C@H]1C2(C)C. The van der Waals surface area contributed by atoms with Crippen molar-refractivity contribution in [3.05, 3.63) is 22.7 Å². The van der Waals surface area contributed by atoms with Crippen LogP contribution >= 0.6 is 15.9 Å². The quantitative estimate of drug-likeness (QED) is 0.750. The Labute approximate surface area is 142 Å². The van der Waals surface area contributed by atoms with Crippen LogP contribution in [-0.4, -0.2) is 31.7 Å². The Morgan fingerprint density at radius 3 is 2.91 bits per heavy atom. The summed E-state index contributed by atoms with van der Waals surface area (Å²) in [5.41, 5.74) is 0.375. The van der Waals surface area contributed by atoms with Crippen molar-refractivity contribution in [2.24, 2.45) is 23.2 Å². The standard InChI is InChI=1S/C16H19BrN4O2/c1-8-11-4-9(16(11,2)3)5-12(8)23-14(22)13-19-15-18-6-10(17)7-21(15)20-13/h6-9,11-12H,4-5H2,1-3H3/t8-,9-,11-,12+/m1/s1. The van der Waals surface area contributed by atoms with Gasteiger partial charge in [-0.2, -0.15) is 4.98 Å². The van der Waals surface area contributed by atoms with Gasteiger partial charge in [-0.15, -0.1) is 5.10 Å². The number of rotatable bonds is 2. The lowest BCUT2D eigenvalue weighted by molar-refractivity contribution is -0.156. The molecule has 0 saturated heterocycles. The predicted octanol–water partition coefficient (Wildman–Crippen LogP) is 3.11. The van der Waals surface area contributed by atoms with Crippen LogP contribution in [0.5, 0.6) is 0 Å². The van der Waals surface area contributed by atoms with Gasteiger partial charge in [0.15, 0.2) is 0 Å². The molecule has 0 radical (unpaired) electrons. The molecule has 7 heteroatoms. The van der Waals surface area contributed by atoms with E-state index in [0.717, 1.165) is 10.9 Å². The number of carbonyl (C=O) groups excluding carboxylic acids is 1. The summed E-state index contributed by atoms with van der Waals surface area (Å²) in [5.74, 6) is 1.66. The van der Waals surface area contributed by atoms with Crippen LogP contribution in [0.3, 0.4) is 0 Å². The maximum absolute atomic E-state index is 12.4. The summed E-state index contributed by atoms with van der Waals surface area (Å²) in [6, 6.07) is 0. The third-order valence-electron chi connectivity index (χ3n) is 5.89. The van der Waals surface area contributed by atoms with Crippen LogP contribution in [0.2, 0.25) is 0 Å². The molecule has 0 unspecified atom stereocenters. The van der Waals surface area contributed by atoms with Crippen LogP contribution in [0.15, 0.2) is 16.9 Å². The molecule has 2 aromatic rings. The van der Waals surface area contributed by atoms with Gasteiger partial charge in [-0.3, -0.25) is 0 Å². The molecule has 3 fully saturated rings. The summed E-state index contributed by atoms with van der Waals surface area (Å²) in [4.78, 5) is 20.7. The van der Waals surface area contributed by atoms with Gasteiger partial charge in [0.25, 0.3) is 11.6 Å². The van der Waals surface area contributed by atoms with Crippen LogP contribution in [0.1, 0.15) is 44.2 Å². The van der Waals surface area contributed by atoms with Crippen molar-refractivity contribution in [3.63, 3.8) is 0 Å². The third kappa shape index (κ3) is 2.28. The van der Waals surface area contributed by atoms with Gasteiger partial charge in [0.05, 0.1) is 4.47 Å². The van der Waals surface area contributed by atoms with Crippen molar-refractivity contribution in [1.29, 1.82) is 0 Å². The zero-order valence-electron chi connectivity index (χ0n) is 13.4. The van der Waals surface area contributed by atoms with Crippen molar-refractivity contribution in [1.82, 2.24) is 19.6 Å². The Kier molecular flexibility index (Phi) is 3.27. The number of aromatic nitrogens is 4. The Bertz CT molecular complexity index is 787. The molecule has 23 heavy (non-hydrogen) atoms. The zero-order chi connectivity index (χ0) is 16.4. The molecule has 5 rings (SSSR count). The number of hydrogen-bond donors (Lipinski definition) is 0. The molecular formula is C16H19BrN4O2. The van der Waals surface area contributed by atoms with Gasteiger partial charge < -0.3 is 4.74 Å². The summed E-state index contributed by atoms with van der Waals surface area (Å²) >= 11 is 3.32. The average Bonchev–Trinajstić information content (AvgIpc) is 2.91. The Morgan fingerprint density at radius 2 is 2.22 bits per heavy atom. The Morgan fingerprint density at radius 1 is 1.43 bits per heavy atom. The van der Waals surface area contributed by atoms with E-state index in [9.17, 15) is 4.79 Å². The summed E-state index contributed by atoms with van der Waals surface area (Å²) < 4.78 is 7.98. The minimum Gasteiger partial charge on any atom is -0.456 e. The summed E-state index contributed by atoms with van der Waals surface area (Å²) in [6.07, 6.45) is 5.50. The topological polar surface area (TPSA) is 69.4 Å². The largest absolute Gasteiger partial charge is 0.456 e. The second-order valence-corrected chi connectivity index (χ2v) is 8.27. The molecule has 4 atom stereocenters. The number of esters is 1. The predicted molar refractivity (Wildman–Crippen MR) is 86.8 cm³/mol.